The molecule has 2 rings (SSSR count). The van der Waals surface area contributed by atoms with Gasteiger partial charge in [0.05, 0.1) is 6.42 Å². The van der Waals surface area contributed by atoms with Gasteiger partial charge in [0.15, 0.2) is 0 Å². The summed E-state index contributed by atoms with van der Waals surface area (Å²) in [6, 6.07) is 0. The van der Waals surface area contributed by atoms with Crippen molar-refractivity contribution < 1.29 is 18.3 Å². The number of rotatable bonds is 2. The number of carbonyl (C=O) groups excluding carboxylic acids is 1. The summed E-state index contributed by atoms with van der Waals surface area (Å²) in [4.78, 5) is 12.8. The largest absolute Gasteiger partial charge is 0.456 e. The van der Waals surface area contributed by atoms with E-state index >= 15 is 0 Å². The first-order chi connectivity index (χ1) is 7.08. The molecule has 2 heterocycles. The number of esters is 1. The lowest BCUT2D eigenvalue weighted by atomic mass is 10.2. The molecule has 0 radical (unpaired) electrons. The van der Waals surface area contributed by atoms with Crippen LogP contribution in [0.4, 0.5) is 8.78 Å². The molecule has 2 aliphatic rings. The van der Waals surface area contributed by atoms with Crippen molar-refractivity contribution in [1.29, 1.82) is 0 Å². The molecule has 86 valence electrons. The van der Waals surface area contributed by atoms with Crippen LogP contribution in [0.3, 0.4) is 0 Å². The lowest BCUT2D eigenvalue weighted by Crippen LogP contribution is -2.46. The minimum absolute atomic E-state index is 0.420. The van der Waals surface area contributed by atoms with E-state index in [1.165, 1.54) is 0 Å². The van der Waals surface area contributed by atoms with E-state index in [1.807, 2.05) is 4.90 Å². The van der Waals surface area contributed by atoms with E-state index in [0.717, 1.165) is 26.2 Å². The summed E-state index contributed by atoms with van der Waals surface area (Å²) >= 11 is 0. The average molecular weight is 220 g/mol. The van der Waals surface area contributed by atoms with Crippen molar-refractivity contribution in [1.82, 2.24) is 10.2 Å². The second kappa shape index (κ2) is 4.02. The monoisotopic (exact) mass is 220 g/mol. The van der Waals surface area contributed by atoms with Crippen molar-refractivity contribution in [3.05, 3.63) is 0 Å². The van der Waals surface area contributed by atoms with Gasteiger partial charge in [-0.2, -0.15) is 8.78 Å². The van der Waals surface area contributed by atoms with E-state index < -0.39 is 24.4 Å². The Balaban J connectivity index is 1.83. The zero-order valence-corrected chi connectivity index (χ0v) is 8.34. The van der Waals surface area contributed by atoms with Gasteiger partial charge in [0, 0.05) is 32.7 Å². The topological polar surface area (TPSA) is 41.6 Å². The zero-order chi connectivity index (χ0) is 10.9. The number of piperazine rings is 1. The summed E-state index contributed by atoms with van der Waals surface area (Å²) in [5, 5.41) is 3.17. The van der Waals surface area contributed by atoms with Crippen LogP contribution in [0.2, 0.25) is 0 Å². The third-order valence-electron chi connectivity index (χ3n) is 2.73. The Bertz CT molecular complexity index is 254. The number of nitrogens with one attached hydrogen (secondary N) is 1. The van der Waals surface area contributed by atoms with Gasteiger partial charge in [-0.05, 0) is 0 Å². The van der Waals surface area contributed by atoms with Crippen molar-refractivity contribution in [3.63, 3.8) is 0 Å². The molecular weight excluding hydrogens is 206 g/mol. The van der Waals surface area contributed by atoms with Crippen molar-refractivity contribution in [2.24, 2.45) is 0 Å². The molecule has 1 atom stereocenters. The average Bonchev–Trinajstić information content (AvgIpc) is 2.42. The van der Waals surface area contributed by atoms with E-state index in [4.69, 9.17) is 0 Å². The molecule has 2 fully saturated rings. The van der Waals surface area contributed by atoms with Gasteiger partial charge in [-0.1, -0.05) is 0 Å². The third kappa shape index (κ3) is 2.43. The number of alkyl halides is 2. The fourth-order valence-corrected chi connectivity index (χ4v) is 1.93. The number of ether oxygens (including phenoxy) is 1. The first-order valence-electron chi connectivity index (χ1n) is 5.10. The fraction of sp³-hybridized carbons (Fsp3) is 0.889. The quantitative estimate of drug-likeness (QED) is 0.657. The van der Waals surface area contributed by atoms with Gasteiger partial charge in [0.1, 0.15) is 6.10 Å². The van der Waals surface area contributed by atoms with Gasteiger partial charge in [-0.15, -0.1) is 0 Å². The number of hydrogen-bond acceptors (Lipinski definition) is 4. The smallest absolute Gasteiger partial charge is 0.377 e. The highest BCUT2D eigenvalue weighted by molar-refractivity contribution is 5.79. The lowest BCUT2D eigenvalue weighted by molar-refractivity contribution is -0.159. The highest BCUT2D eigenvalue weighted by Crippen LogP contribution is 2.31. The Hall–Kier alpha value is -0.750. The molecule has 0 aromatic carbocycles. The summed E-state index contributed by atoms with van der Waals surface area (Å²) in [6.07, 6.45) is -1.12. The van der Waals surface area contributed by atoms with Crippen LogP contribution in [0.25, 0.3) is 0 Å². The Labute approximate surface area is 86.6 Å². The molecule has 15 heavy (non-hydrogen) atoms. The van der Waals surface area contributed by atoms with E-state index in [2.05, 4.69) is 10.1 Å². The van der Waals surface area contributed by atoms with Crippen molar-refractivity contribution in [2.75, 3.05) is 32.7 Å². The van der Waals surface area contributed by atoms with Crippen LogP contribution in [0, 0.1) is 0 Å². The summed E-state index contributed by atoms with van der Waals surface area (Å²) in [7, 11) is 0. The minimum Gasteiger partial charge on any atom is -0.456 e. The summed E-state index contributed by atoms with van der Waals surface area (Å²) in [5.41, 5.74) is 0. The van der Waals surface area contributed by atoms with Crippen LogP contribution < -0.4 is 5.32 Å². The summed E-state index contributed by atoms with van der Waals surface area (Å²) in [5.74, 6) is -4.65. The molecule has 2 saturated heterocycles. The van der Waals surface area contributed by atoms with Crippen LogP contribution in [0.1, 0.15) is 6.42 Å². The predicted molar refractivity (Wildman–Crippen MR) is 48.8 cm³/mol. The number of nitrogens with zero attached hydrogens (tertiary/aromatic N) is 1. The molecule has 1 N–H and O–H groups in total. The molecule has 0 aliphatic carbocycles. The second-order valence-electron chi connectivity index (χ2n) is 3.99. The van der Waals surface area contributed by atoms with Crippen molar-refractivity contribution >= 4 is 5.97 Å². The zero-order valence-electron chi connectivity index (χ0n) is 8.34. The third-order valence-corrected chi connectivity index (χ3v) is 2.73. The predicted octanol–water partition coefficient (Wildman–Crippen LogP) is -0.158. The molecule has 2 aliphatic heterocycles. The minimum atomic E-state index is -3.28. The van der Waals surface area contributed by atoms with Gasteiger partial charge in [0.2, 0.25) is 0 Å². The molecular formula is C9H14F2N2O2. The Kier molecular flexibility index (Phi) is 2.88. The van der Waals surface area contributed by atoms with E-state index in [1.54, 1.807) is 0 Å². The Morgan fingerprint density at radius 2 is 2.13 bits per heavy atom. The molecule has 4 nitrogen and oxygen atoms in total. The molecule has 6 heteroatoms. The van der Waals surface area contributed by atoms with E-state index in [9.17, 15) is 13.6 Å². The number of hydrogen-bond donors (Lipinski definition) is 1. The summed E-state index contributed by atoms with van der Waals surface area (Å²) in [6.45, 7) is 3.77. The van der Waals surface area contributed by atoms with Gasteiger partial charge >= 0.3 is 11.9 Å². The first-order valence-corrected chi connectivity index (χ1v) is 5.10. The maximum Gasteiger partial charge on any atom is 0.377 e. The Morgan fingerprint density at radius 3 is 2.67 bits per heavy atom. The fourth-order valence-electron chi connectivity index (χ4n) is 1.93. The number of cyclic esters (lactones) is 1. The SMILES string of the molecule is O=C1OC(CN2CCNCC2)CC1(F)F. The molecule has 0 aromatic heterocycles. The number of halogens is 2. The van der Waals surface area contributed by atoms with Crippen LogP contribution in [-0.4, -0.2) is 55.6 Å². The normalized spacial score (nSPS) is 31.6. The summed E-state index contributed by atoms with van der Waals surface area (Å²) < 4.78 is 30.3. The first kappa shape index (κ1) is 10.8. The van der Waals surface area contributed by atoms with Crippen LogP contribution in [0.5, 0.6) is 0 Å². The maximum absolute atomic E-state index is 12.8. The Morgan fingerprint density at radius 1 is 1.47 bits per heavy atom. The number of carbonyl (C=O) groups is 1. The van der Waals surface area contributed by atoms with Crippen molar-refractivity contribution in [3.8, 4) is 0 Å². The van der Waals surface area contributed by atoms with E-state index in [0.29, 0.717) is 6.54 Å². The van der Waals surface area contributed by atoms with Crippen molar-refractivity contribution in [2.45, 2.75) is 18.4 Å². The van der Waals surface area contributed by atoms with Crippen LogP contribution in [0.15, 0.2) is 0 Å². The van der Waals surface area contributed by atoms with Crippen LogP contribution >= 0.6 is 0 Å². The molecule has 0 spiro atoms. The maximum atomic E-state index is 12.8. The standard InChI is InChI=1S/C9H14F2N2O2/c10-9(11)5-7(15-8(9)14)6-13-3-1-12-2-4-13/h7,12H,1-6H2. The van der Waals surface area contributed by atoms with Gasteiger partial charge < -0.3 is 10.1 Å². The van der Waals surface area contributed by atoms with Gasteiger partial charge in [0.25, 0.3) is 0 Å². The second-order valence-corrected chi connectivity index (χ2v) is 3.99. The highest BCUT2D eigenvalue weighted by Gasteiger charge is 2.50. The molecule has 0 saturated carbocycles. The molecule has 0 aromatic rings. The molecule has 1 unspecified atom stereocenters. The lowest BCUT2D eigenvalue weighted by Gasteiger charge is -2.28. The molecule has 0 amide bonds. The van der Waals surface area contributed by atoms with E-state index in [-0.39, 0.29) is 0 Å². The highest BCUT2D eigenvalue weighted by atomic mass is 19.3. The van der Waals surface area contributed by atoms with Gasteiger partial charge in [-0.3, -0.25) is 4.90 Å². The van der Waals surface area contributed by atoms with Crippen LogP contribution in [-0.2, 0) is 9.53 Å². The molecule has 0 bridgehead atoms. The van der Waals surface area contributed by atoms with Gasteiger partial charge in [-0.25, -0.2) is 4.79 Å².